The van der Waals surface area contributed by atoms with Crippen molar-refractivity contribution < 1.29 is 9.53 Å². The van der Waals surface area contributed by atoms with Crippen LogP contribution >= 0.6 is 11.6 Å². The molecule has 0 spiro atoms. The van der Waals surface area contributed by atoms with Gasteiger partial charge in [-0.1, -0.05) is 11.6 Å². The summed E-state index contributed by atoms with van der Waals surface area (Å²) in [5, 5.41) is 3.86. The molecule has 1 saturated heterocycles. The number of halogens is 1. The maximum Gasteiger partial charge on any atom is 0.410 e. The Hall–Kier alpha value is -1.33. The van der Waals surface area contributed by atoms with Crippen molar-refractivity contribution in [1.82, 2.24) is 15.2 Å². The van der Waals surface area contributed by atoms with Gasteiger partial charge < -0.3 is 10.1 Å². The van der Waals surface area contributed by atoms with Crippen molar-refractivity contribution in [2.75, 3.05) is 19.6 Å². The highest BCUT2D eigenvalue weighted by atomic mass is 35.5. The van der Waals surface area contributed by atoms with Crippen molar-refractivity contribution in [3.8, 4) is 0 Å². The van der Waals surface area contributed by atoms with Gasteiger partial charge in [-0.25, -0.2) is 4.79 Å². The monoisotopic (exact) mass is 297 g/mol. The van der Waals surface area contributed by atoms with Gasteiger partial charge in [0, 0.05) is 25.8 Å². The topological polar surface area (TPSA) is 54.5 Å². The summed E-state index contributed by atoms with van der Waals surface area (Å²) in [5.41, 5.74) is 0.312. The van der Waals surface area contributed by atoms with Gasteiger partial charge in [-0.15, -0.1) is 0 Å². The molecular weight excluding hydrogens is 278 g/mol. The molecule has 0 aromatic carbocycles. The van der Waals surface area contributed by atoms with E-state index in [2.05, 4.69) is 10.3 Å². The van der Waals surface area contributed by atoms with Crippen LogP contribution in [0.3, 0.4) is 0 Å². The minimum absolute atomic E-state index is 0.129. The zero-order valence-electron chi connectivity index (χ0n) is 12.0. The van der Waals surface area contributed by atoms with Gasteiger partial charge in [0.2, 0.25) is 0 Å². The molecule has 1 amide bonds. The van der Waals surface area contributed by atoms with Crippen LogP contribution in [0.4, 0.5) is 4.79 Å². The normalized spacial score (nSPS) is 19.8. The number of hydrogen-bond donors (Lipinski definition) is 1. The van der Waals surface area contributed by atoms with Gasteiger partial charge in [0.15, 0.2) is 0 Å². The molecule has 1 atom stereocenters. The van der Waals surface area contributed by atoms with Gasteiger partial charge in [-0.3, -0.25) is 9.88 Å². The molecule has 0 saturated carbocycles. The van der Waals surface area contributed by atoms with Gasteiger partial charge in [0.05, 0.1) is 16.8 Å². The number of carbonyl (C=O) groups is 1. The summed E-state index contributed by atoms with van der Waals surface area (Å²) < 4.78 is 5.46. The Morgan fingerprint density at radius 1 is 1.50 bits per heavy atom. The van der Waals surface area contributed by atoms with Gasteiger partial charge >= 0.3 is 6.09 Å². The van der Waals surface area contributed by atoms with E-state index in [-0.39, 0.29) is 12.1 Å². The van der Waals surface area contributed by atoms with E-state index in [0.717, 1.165) is 12.2 Å². The SMILES string of the molecule is CC(C)(C)OC(=O)N1CCNCC1c1ccc(Cl)cn1. The van der Waals surface area contributed by atoms with Crippen LogP contribution in [-0.4, -0.2) is 41.2 Å². The number of rotatable bonds is 1. The van der Waals surface area contributed by atoms with E-state index >= 15 is 0 Å². The standard InChI is InChI=1S/C14H20ClN3O2/c1-14(2,3)20-13(19)18-7-6-16-9-12(18)11-5-4-10(15)8-17-11/h4-5,8,12,16H,6-7,9H2,1-3H3. The summed E-state index contributed by atoms with van der Waals surface area (Å²) in [7, 11) is 0. The summed E-state index contributed by atoms with van der Waals surface area (Å²) in [4.78, 5) is 18.3. The molecule has 1 aliphatic rings. The van der Waals surface area contributed by atoms with E-state index in [1.165, 1.54) is 0 Å². The number of amides is 1. The number of pyridine rings is 1. The average Bonchev–Trinajstić information content (AvgIpc) is 2.38. The first kappa shape index (κ1) is 15.1. The molecule has 0 aliphatic carbocycles. The quantitative estimate of drug-likeness (QED) is 0.866. The van der Waals surface area contributed by atoms with Crippen molar-refractivity contribution in [2.45, 2.75) is 32.4 Å². The molecule has 5 nitrogen and oxygen atoms in total. The minimum atomic E-state index is -0.500. The molecular formula is C14H20ClN3O2. The van der Waals surface area contributed by atoms with Gasteiger partial charge in [0.25, 0.3) is 0 Å². The third-order valence-corrected chi connectivity index (χ3v) is 3.19. The van der Waals surface area contributed by atoms with Crippen LogP contribution in [0.5, 0.6) is 0 Å². The van der Waals surface area contributed by atoms with Crippen molar-refractivity contribution >= 4 is 17.7 Å². The molecule has 1 unspecified atom stereocenters. The summed E-state index contributed by atoms with van der Waals surface area (Å²) in [6, 6.07) is 3.50. The molecule has 2 heterocycles. The van der Waals surface area contributed by atoms with Crippen LogP contribution < -0.4 is 5.32 Å². The third kappa shape index (κ3) is 3.84. The van der Waals surface area contributed by atoms with Crippen LogP contribution in [0.1, 0.15) is 32.5 Å². The lowest BCUT2D eigenvalue weighted by Crippen LogP contribution is -2.50. The molecule has 2 rings (SSSR count). The Kier molecular flexibility index (Phi) is 4.50. The van der Waals surface area contributed by atoms with E-state index in [1.807, 2.05) is 26.8 Å². The smallest absolute Gasteiger partial charge is 0.410 e. The van der Waals surface area contributed by atoms with Gasteiger partial charge in [-0.05, 0) is 32.9 Å². The van der Waals surface area contributed by atoms with Crippen LogP contribution in [0.15, 0.2) is 18.3 Å². The molecule has 0 bridgehead atoms. The van der Waals surface area contributed by atoms with Crippen LogP contribution in [0.25, 0.3) is 0 Å². The van der Waals surface area contributed by atoms with Crippen molar-refractivity contribution in [3.05, 3.63) is 29.0 Å². The fraction of sp³-hybridized carbons (Fsp3) is 0.571. The second-order valence-corrected chi connectivity index (χ2v) is 6.23. The number of hydrogen-bond acceptors (Lipinski definition) is 4. The Morgan fingerprint density at radius 3 is 2.85 bits per heavy atom. The first-order valence-corrected chi connectivity index (χ1v) is 7.06. The summed E-state index contributed by atoms with van der Waals surface area (Å²) in [6.45, 7) is 7.61. The molecule has 20 heavy (non-hydrogen) atoms. The van der Waals surface area contributed by atoms with Gasteiger partial charge in [0.1, 0.15) is 5.60 Å². The first-order chi connectivity index (χ1) is 9.37. The number of nitrogens with one attached hydrogen (secondary N) is 1. The maximum absolute atomic E-state index is 12.3. The molecule has 1 N–H and O–H groups in total. The lowest BCUT2D eigenvalue weighted by molar-refractivity contribution is 0.0113. The van der Waals surface area contributed by atoms with E-state index in [9.17, 15) is 4.79 Å². The number of carbonyl (C=O) groups excluding carboxylic acids is 1. The van der Waals surface area contributed by atoms with Crippen molar-refractivity contribution in [1.29, 1.82) is 0 Å². The van der Waals surface area contributed by atoms with E-state index in [0.29, 0.717) is 18.1 Å². The number of aromatic nitrogens is 1. The Labute approximate surface area is 124 Å². The van der Waals surface area contributed by atoms with Crippen LogP contribution in [0, 0.1) is 0 Å². The minimum Gasteiger partial charge on any atom is -0.444 e. The third-order valence-electron chi connectivity index (χ3n) is 2.96. The van der Waals surface area contributed by atoms with Crippen LogP contribution in [-0.2, 0) is 4.74 Å². The fourth-order valence-electron chi connectivity index (χ4n) is 2.09. The van der Waals surface area contributed by atoms with Crippen molar-refractivity contribution in [3.63, 3.8) is 0 Å². The van der Waals surface area contributed by atoms with Gasteiger partial charge in [-0.2, -0.15) is 0 Å². The molecule has 1 aromatic heterocycles. The lowest BCUT2D eigenvalue weighted by Gasteiger charge is -2.36. The predicted octanol–water partition coefficient (Wildman–Crippen LogP) is 2.62. The van der Waals surface area contributed by atoms with E-state index < -0.39 is 5.60 Å². The summed E-state index contributed by atoms with van der Waals surface area (Å²) in [5.74, 6) is 0. The first-order valence-electron chi connectivity index (χ1n) is 6.68. The summed E-state index contributed by atoms with van der Waals surface area (Å²) in [6.07, 6.45) is 1.29. The maximum atomic E-state index is 12.3. The average molecular weight is 298 g/mol. The molecule has 110 valence electrons. The Morgan fingerprint density at radius 2 is 2.25 bits per heavy atom. The number of ether oxygens (including phenoxy) is 1. The van der Waals surface area contributed by atoms with E-state index in [1.54, 1.807) is 17.2 Å². The molecule has 1 aliphatic heterocycles. The summed E-state index contributed by atoms with van der Waals surface area (Å²) >= 11 is 5.85. The Bertz CT molecular complexity index is 470. The highest BCUT2D eigenvalue weighted by Gasteiger charge is 2.32. The molecule has 1 aromatic rings. The molecule has 6 heteroatoms. The highest BCUT2D eigenvalue weighted by Crippen LogP contribution is 2.23. The molecule has 1 fully saturated rings. The second kappa shape index (κ2) is 5.97. The van der Waals surface area contributed by atoms with Crippen molar-refractivity contribution in [2.24, 2.45) is 0 Å². The van der Waals surface area contributed by atoms with E-state index in [4.69, 9.17) is 16.3 Å². The Balaban J connectivity index is 2.16. The predicted molar refractivity (Wildman–Crippen MR) is 77.8 cm³/mol. The second-order valence-electron chi connectivity index (χ2n) is 5.79. The number of nitrogens with zero attached hydrogens (tertiary/aromatic N) is 2. The largest absolute Gasteiger partial charge is 0.444 e. The zero-order valence-corrected chi connectivity index (χ0v) is 12.8. The fourth-order valence-corrected chi connectivity index (χ4v) is 2.20. The lowest BCUT2D eigenvalue weighted by atomic mass is 10.1. The molecule has 0 radical (unpaired) electrons. The number of piperazine rings is 1. The zero-order chi connectivity index (χ0) is 14.8. The van der Waals surface area contributed by atoms with Crippen LogP contribution in [0.2, 0.25) is 5.02 Å². The highest BCUT2D eigenvalue weighted by molar-refractivity contribution is 6.30.